The first kappa shape index (κ1) is 17.2. The van der Waals surface area contributed by atoms with Crippen LogP contribution in [0.4, 0.5) is 0 Å². The van der Waals surface area contributed by atoms with Crippen LogP contribution in [0.3, 0.4) is 0 Å². The summed E-state index contributed by atoms with van der Waals surface area (Å²) in [6, 6.07) is 5.97. The Balaban J connectivity index is 1.68. The van der Waals surface area contributed by atoms with E-state index in [1.165, 1.54) is 31.0 Å². The van der Waals surface area contributed by atoms with Crippen molar-refractivity contribution in [3.8, 4) is 0 Å². The van der Waals surface area contributed by atoms with Gasteiger partial charge in [0.25, 0.3) is 5.22 Å². The quantitative estimate of drug-likeness (QED) is 0.558. The molecular weight excluding hydrogens is 320 g/mol. The van der Waals surface area contributed by atoms with Gasteiger partial charge in [0, 0.05) is 11.5 Å². The van der Waals surface area contributed by atoms with Crippen molar-refractivity contribution in [1.29, 1.82) is 0 Å². The zero-order valence-electron chi connectivity index (χ0n) is 14.5. The maximum atomic E-state index is 12.7. The molecule has 3 rings (SSSR count). The molecule has 1 atom stereocenters. The number of rotatable bonds is 5. The number of aryl methyl sites for hydroxylation is 2. The number of hydrogen-bond acceptors (Lipinski definition) is 5. The number of thioether (sulfide) groups is 1. The van der Waals surface area contributed by atoms with Crippen LogP contribution in [0, 0.1) is 13.8 Å². The number of aromatic nitrogens is 2. The van der Waals surface area contributed by atoms with Gasteiger partial charge in [0.15, 0.2) is 5.78 Å². The molecule has 1 saturated carbocycles. The van der Waals surface area contributed by atoms with Crippen molar-refractivity contribution in [3.05, 3.63) is 40.8 Å². The van der Waals surface area contributed by atoms with E-state index in [1.54, 1.807) is 0 Å². The number of Topliss-reactive ketones (excluding diaryl/α,β-unsaturated/α-hetero) is 1. The molecule has 0 radical (unpaired) electrons. The van der Waals surface area contributed by atoms with Crippen LogP contribution in [0.1, 0.15) is 72.3 Å². The molecular formula is C19H24N2O2S. The first-order valence-electron chi connectivity index (χ1n) is 8.66. The van der Waals surface area contributed by atoms with Crippen molar-refractivity contribution in [2.75, 3.05) is 0 Å². The number of carbonyl (C=O) groups is 1. The standard InChI is InChI=1S/C19H24N2O2S/c1-12-9-10-13(2)16(11-12)17(22)14(3)24-19-21-20-18(23-19)15-7-5-4-6-8-15/h9-11,14-15H,4-8H2,1-3H3. The van der Waals surface area contributed by atoms with Crippen LogP contribution >= 0.6 is 11.8 Å². The van der Waals surface area contributed by atoms with Gasteiger partial charge in [-0.25, -0.2) is 0 Å². The van der Waals surface area contributed by atoms with Crippen LogP contribution in [0.5, 0.6) is 0 Å². The van der Waals surface area contributed by atoms with Gasteiger partial charge in [0.1, 0.15) is 0 Å². The van der Waals surface area contributed by atoms with E-state index in [2.05, 4.69) is 10.2 Å². The van der Waals surface area contributed by atoms with E-state index >= 15 is 0 Å². The van der Waals surface area contributed by atoms with Gasteiger partial charge in [-0.15, -0.1) is 10.2 Å². The van der Waals surface area contributed by atoms with Crippen LogP contribution in [0.25, 0.3) is 0 Å². The molecule has 0 amide bonds. The molecule has 5 heteroatoms. The lowest BCUT2D eigenvalue weighted by Gasteiger charge is -2.17. The predicted molar refractivity (Wildman–Crippen MR) is 95.7 cm³/mol. The van der Waals surface area contributed by atoms with E-state index in [9.17, 15) is 4.79 Å². The van der Waals surface area contributed by atoms with Crippen LogP contribution in [-0.2, 0) is 0 Å². The first-order chi connectivity index (χ1) is 11.5. The van der Waals surface area contributed by atoms with E-state index in [4.69, 9.17) is 4.42 Å². The molecule has 24 heavy (non-hydrogen) atoms. The highest BCUT2D eigenvalue weighted by molar-refractivity contribution is 8.00. The normalized spacial score (nSPS) is 17.0. The number of ketones is 1. The average Bonchev–Trinajstić information content (AvgIpc) is 3.05. The van der Waals surface area contributed by atoms with Gasteiger partial charge in [-0.1, -0.05) is 48.7 Å². The third kappa shape index (κ3) is 3.89. The van der Waals surface area contributed by atoms with E-state index in [1.807, 2.05) is 39.0 Å². The Labute approximate surface area is 147 Å². The SMILES string of the molecule is Cc1ccc(C)c(C(=O)C(C)Sc2nnc(C3CCCCC3)o2)c1. The molecule has 1 aromatic heterocycles. The number of nitrogens with zero attached hydrogens (tertiary/aromatic N) is 2. The summed E-state index contributed by atoms with van der Waals surface area (Å²) in [5, 5.41) is 8.61. The molecule has 128 valence electrons. The summed E-state index contributed by atoms with van der Waals surface area (Å²) in [6.07, 6.45) is 6.02. The Bertz CT molecular complexity index is 720. The minimum atomic E-state index is -0.245. The van der Waals surface area contributed by atoms with Gasteiger partial charge in [0.05, 0.1) is 5.25 Å². The molecule has 1 heterocycles. The Hall–Kier alpha value is -1.62. The number of benzene rings is 1. The molecule has 4 nitrogen and oxygen atoms in total. The smallest absolute Gasteiger partial charge is 0.277 e. The third-order valence-corrected chi connectivity index (χ3v) is 5.62. The van der Waals surface area contributed by atoms with Gasteiger partial charge in [-0.05, 0) is 45.2 Å². The van der Waals surface area contributed by atoms with E-state index in [0.717, 1.165) is 35.4 Å². The molecule has 0 bridgehead atoms. The van der Waals surface area contributed by atoms with Gasteiger partial charge in [-0.2, -0.15) is 0 Å². The Morgan fingerprint density at radius 3 is 2.71 bits per heavy atom. The van der Waals surface area contributed by atoms with E-state index < -0.39 is 0 Å². The summed E-state index contributed by atoms with van der Waals surface area (Å²) >= 11 is 1.36. The minimum absolute atomic E-state index is 0.110. The molecule has 1 aliphatic rings. The van der Waals surface area contributed by atoms with Crippen molar-refractivity contribution in [2.45, 2.75) is 69.3 Å². The molecule has 0 saturated heterocycles. The Morgan fingerprint density at radius 1 is 1.21 bits per heavy atom. The number of hydrogen-bond donors (Lipinski definition) is 0. The molecule has 1 aliphatic carbocycles. The van der Waals surface area contributed by atoms with Gasteiger partial charge >= 0.3 is 0 Å². The maximum Gasteiger partial charge on any atom is 0.277 e. The van der Waals surface area contributed by atoms with Crippen LogP contribution < -0.4 is 0 Å². The topological polar surface area (TPSA) is 56.0 Å². The van der Waals surface area contributed by atoms with Gasteiger partial charge in [-0.3, -0.25) is 4.79 Å². The zero-order valence-corrected chi connectivity index (χ0v) is 15.4. The highest BCUT2D eigenvalue weighted by Gasteiger charge is 2.24. The molecule has 0 N–H and O–H groups in total. The fourth-order valence-electron chi connectivity index (χ4n) is 3.21. The van der Waals surface area contributed by atoms with Crippen LogP contribution in [0.2, 0.25) is 0 Å². The van der Waals surface area contributed by atoms with Crippen molar-refractivity contribution in [3.63, 3.8) is 0 Å². The summed E-state index contributed by atoms with van der Waals surface area (Å²) in [5.74, 6) is 1.24. The second kappa shape index (κ2) is 7.51. The molecule has 2 aromatic rings. The van der Waals surface area contributed by atoms with Gasteiger partial charge < -0.3 is 4.42 Å². The summed E-state index contributed by atoms with van der Waals surface area (Å²) in [4.78, 5) is 12.7. The summed E-state index contributed by atoms with van der Waals surface area (Å²) in [6.45, 7) is 5.87. The van der Waals surface area contributed by atoms with Crippen molar-refractivity contribution in [1.82, 2.24) is 10.2 Å². The lowest BCUT2D eigenvalue weighted by molar-refractivity contribution is 0.0993. The summed E-state index contributed by atoms with van der Waals surface area (Å²) < 4.78 is 5.82. The lowest BCUT2D eigenvalue weighted by Crippen LogP contribution is -2.15. The highest BCUT2D eigenvalue weighted by atomic mass is 32.2. The van der Waals surface area contributed by atoms with E-state index in [-0.39, 0.29) is 11.0 Å². The summed E-state index contributed by atoms with van der Waals surface area (Å²) in [7, 11) is 0. The Morgan fingerprint density at radius 2 is 1.96 bits per heavy atom. The van der Waals surface area contributed by atoms with Crippen LogP contribution in [0.15, 0.2) is 27.8 Å². The predicted octanol–water partition coefficient (Wildman–Crippen LogP) is 5.10. The molecule has 1 fully saturated rings. The molecule has 1 unspecified atom stereocenters. The van der Waals surface area contributed by atoms with Crippen molar-refractivity contribution < 1.29 is 9.21 Å². The monoisotopic (exact) mass is 344 g/mol. The second-order valence-corrected chi connectivity index (χ2v) is 7.98. The molecule has 0 aliphatic heterocycles. The zero-order chi connectivity index (χ0) is 17.1. The number of carbonyl (C=O) groups excluding carboxylic acids is 1. The average molecular weight is 344 g/mol. The third-order valence-electron chi connectivity index (χ3n) is 4.68. The fourth-order valence-corrected chi connectivity index (χ4v) is 3.97. The fraction of sp³-hybridized carbons (Fsp3) is 0.526. The highest BCUT2D eigenvalue weighted by Crippen LogP contribution is 2.34. The molecule has 1 aromatic carbocycles. The van der Waals surface area contributed by atoms with Crippen molar-refractivity contribution in [2.24, 2.45) is 0 Å². The second-order valence-electron chi connectivity index (χ2n) is 6.68. The van der Waals surface area contributed by atoms with Crippen molar-refractivity contribution >= 4 is 17.5 Å². The Kier molecular flexibility index (Phi) is 5.39. The molecule has 0 spiro atoms. The van der Waals surface area contributed by atoms with Crippen LogP contribution in [-0.4, -0.2) is 21.2 Å². The minimum Gasteiger partial charge on any atom is -0.416 e. The van der Waals surface area contributed by atoms with Gasteiger partial charge in [0.2, 0.25) is 5.89 Å². The first-order valence-corrected chi connectivity index (χ1v) is 9.54. The maximum absolute atomic E-state index is 12.7. The summed E-state index contributed by atoms with van der Waals surface area (Å²) in [5.41, 5.74) is 2.88. The van der Waals surface area contributed by atoms with E-state index in [0.29, 0.717) is 11.1 Å². The lowest BCUT2D eigenvalue weighted by atomic mass is 9.89. The largest absolute Gasteiger partial charge is 0.416 e.